The molecule has 3 aromatic carbocycles. The molecule has 5 heteroatoms. The Labute approximate surface area is 188 Å². The van der Waals surface area contributed by atoms with Gasteiger partial charge in [-0.1, -0.05) is 29.8 Å². The molecule has 1 amide bonds. The molecular formula is C25H18IN3O. The molecule has 0 saturated heterocycles. The summed E-state index contributed by atoms with van der Waals surface area (Å²) in [5.41, 5.74) is 7.64. The Kier molecular flexibility index (Phi) is 3.83. The lowest BCUT2D eigenvalue weighted by Crippen LogP contribution is -2.44. The lowest BCUT2D eigenvalue weighted by Gasteiger charge is -2.40. The van der Waals surface area contributed by atoms with Crippen LogP contribution in [0.3, 0.4) is 0 Å². The molecule has 3 aromatic rings. The monoisotopic (exact) mass is 503 g/mol. The molecule has 146 valence electrons. The molecule has 3 aliphatic heterocycles. The minimum Gasteiger partial charge on any atom is -0.314 e. The van der Waals surface area contributed by atoms with E-state index >= 15 is 0 Å². The molecule has 3 heterocycles. The fourth-order valence-corrected chi connectivity index (χ4v) is 5.12. The molecule has 0 radical (unpaired) electrons. The highest BCUT2D eigenvalue weighted by molar-refractivity contribution is 14.1. The second-order valence-corrected chi connectivity index (χ2v) is 9.01. The summed E-state index contributed by atoms with van der Waals surface area (Å²) in [7, 11) is 0. The van der Waals surface area contributed by atoms with E-state index in [0.717, 1.165) is 17.2 Å². The predicted molar refractivity (Wildman–Crippen MR) is 128 cm³/mol. The molecule has 0 spiro atoms. The van der Waals surface area contributed by atoms with Crippen LogP contribution in [0.4, 0.5) is 17.1 Å². The van der Waals surface area contributed by atoms with Crippen LogP contribution < -0.4 is 15.1 Å². The predicted octanol–water partition coefficient (Wildman–Crippen LogP) is 5.78. The summed E-state index contributed by atoms with van der Waals surface area (Å²) in [5, 5.41) is 3.08. The van der Waals surface area contributed by atoms with E-state index in [2.05, 4.69) is 93.2 Å². The number of nitrogens with zero attached hydrogens (tertiary/aromatic N) is 2. The van der Waals surface area contributed by atoms with Crippen LogP contribution in [-0.4, -0.2) is 5.91 Å². The van der Waals surface area contributed by atoms with Gasteiger partial charge in [-0.25, -0.2) is 0 Å². The maximum absolute atomic E-state index is 12.6. The number of amides is 1. The van der Waals surface area contributed by atoms with Gasteiger partial charge in [0.25, 0.3) is 5.91 Å². The van der Waals surface area contributed by atoms with Crippen LogP contribution in [0.5, 0.6) is 0 Å². The Morgan fingerprint density at radius 2 is 1.73 bits per heavy atom. The normalized spacial score (nSPS) is 18.6. The summed E-state index contributed by atoms with van der Waals surface area (Å²) in [4.78, 5) is 17.2. The van der Waals surface area contributed by atoms with Crippen LogP contribution in [0, 0.1) is 10.5 Å². The van der Waals surface area contributed by atoms with Gasteiger partial charge in [-0.05, 0) is 84.1 Å². The summed E-state index contributed by atoms with van der Waals surface area (Å²) in [5.74, 6) is 0.768. The maximum Gasteiger partial charge on any atom is 0.258 e. The number of benzene rings is 3. The molecule has 6 rings (SSSR count). The third-order valence-electron chi connectivity index (χ3n) is 5.94. The van der Waals surface area contributed by atoms with Crippen LogP contribution in [-0.2, 0) is 0 Å². The summed E-state index contributed by atoms with van der Waals surface area (Å²) >= 11 is 2.37. The number of hydrogen-bond donors (Lipinski definition) is 1. The van der Waals surface area contributed by atoms with E-state index < -0.39 is 0 Å². The van der Waals surface area contributed by atoms with Gasteiger partial charge in [-0.2, -0.15) is 0 Å². The number of carbonyl (C=O) groups excluding carboxylic acids is 1. The highest BCUT2D eigenvalue weighted by atomic mass is 127. The molecule has 0 saturated carbocycles. The van der Waals surface area contributed by atoms with Crippen LogP contribution in [0.2, 0.25) is 0 Å². The maximum atomic E-state index is 12.6. The van der Waals surface area contributed by atoms with Crippen molar-refractivity contribution in [3.63, 3.8) is 0 Å². The highest BCUT2D eigenvalue weighted by Gasteiger charge is 2.44. The number of nitrogens with one attached hydrogen (secondary N) is 1. The molecular weight excluding hydrogens is 485 g/mol. The number of allylic oxidation sites excluding steroid dienone is 2. The van der Waals surface area contributed by atoms with E-state index in [0.29, 0.717) is 5.56 Å². The fourth-order valence-electron chi connectivity index (χ4n) is 4.60. The summed E-state index contributed by atoms with van der Waals surface area (Å²) in [6, 6.07) is 23.1. The average Bonchev–Trinajstić information content (AvgIpc) is 3.08. The number of anilines is 3. The van der Waals surface area contributed by atoms with Crippen LogP contribution in [0.25, 0.3) is 0 Å². The molecule has 1 atom stereocenters. The number of rotatable bonds is 1. The zero-order valence-electron chi connectivity index (χ0n) is 16.3. The number of hydrogen-bond acceptors (Lipinski definition) is 3. The molecule has 0 fully saturated rings. The highest BCUT2D eigenvalue weighted by Crippen LogP contribution is 2.53. The zero-order chi connectivity index (χ0) is 20.4. The number of fused-ring (bicyclic) bond motifs is 7. The Morgan fingerprint density at radius 3 is 2.57 bits per heavy atom. The summed E-state index contributed by atoms with van der Waals surface area (Å²) in [6.07, 6.45) is 4.15. The lowest BCUT2D eigenvalue weighted by atomic mass is 9.98. The van der Waals surface area contributed by atoms with Crippen molar-refractivity contribution in [2.45, 2.75) is 13.0 Å². The number of halogens is 1. The van der Waals surface area contributed by atoms with E-state index in [1.54, 1.807) is 0 Å². The third kappa shape index (κ3) is 2.48. The van der Waals surface area contributed by atoms with E-state index in [1.165, 1.54) is 26.1 Å². The molecule has 0 bridgehead atoms. The number of carbonyl (C=O) groups is 1. The quantitative estimate of drug-likeness (QED) is 0.428. The Hall–Kier alpha value is -3.06. The lowest BCUT2D eigenvalue weighted by molar-refractivity contribution is 0.0960. The minimum atomic E-state index is -0.0544. The Bertz CT molecular complexity index is 1280. The molecule has 1 N–H and O–H groups in total. The first-order valence-corrected chi connectivity index (χ1v) is 11.0. The number of para-hydroxylation sites is 1. The summed E-state index contributed by atoms with van der Waals surface area (Å²) < 4.78 is 1.20. The first kappa shape index (κ1) is 17.8. The topological polar surface area (TPSA) is 35.6 Å². The van der Waals surface area contributed by atoms with Gasteiger partial charge < -0.3 is 15.1 Å². The van der Waals surface area contributed by atoms with Gasteiger partial charge in [0.1, 0.15) is 11.9 Å². The zero-order valence-corrected chi connectivity index (χ0v) is 18.4. The molecule has 3 aliphatic rings. The first-order chi connectivity index (χ1) is 14.6. The Balaban J connectivity index is 1.59. The minimum absolute atomic E-state index is 0.00207. The molecule has 4 nitrogen and oxygen atoms in total. The molecule has 30 heavy (non-hydrogen) atoms. The SMILES string of the molecule is Cc1ccc(N2C3=CC=C4NC(=O)c5ccccc5N4C3c3cc(I)ccc32)cc1. The van der Waals surface area contributed by atoms with Crippen molar-refractivity contribution in [3.05, 3.63) is 111 Å². The van der Waals surface area contributed by atoms with Crippen molar-refractivity contribution in [2.24, 2.45) is 0 Å². The van der Waals surface area contributed by atoms with Crippen molar-refractivity contribution in [1.29, 1.82) is 0 Å². The smallest absolute Gasteiger partial charge is 0.258 e. The Morgan fingerprint density at radius 1 is 0.933 bits per heavy atom. The van der Waals surface area contributed by atoms with E-state index in [-0.39, 0.29) is 11.9 Å². The third-order valence-corrected chi connectivity index (χ3v) is 6.61. The average molecular weight is 503 g/mol. The van der Waals surface area contributed by atoms with Crippen LogP contribution in [0.1, 0.15) is 27.5 Å². The van der Waals surface area contributed by atoms with Gasteiger partial charge >= 0.3 is 0 Å². The van der Waals surface area contributed by atoms with Crippen molar-refractivity contribution in [2.75, 3.05) is 9.80 Å². The summed E-state index contributed by atoms with van der Waals surface area (Å²) in [6.45, 7) is 2.11. The van der Waals surface area contributed by atoms with Crippen molar-refractivity contribution < 1.29 is 4.79 Å². The van der Waals surface area contributed by atoms with E-state index in [1.807, 2.05) is 30.3 Å². The largest absolute Gasteiger partial charge is 0.314 e. The van der Waals surface area contributed by atoms with E-state index in [9.17, 15) is 4.79 Å². The van der Waals surface area contributed by atoms with Crippen molar-refractivity contribution in [3.8, 4) is 0 Å². The van der Waals surface area contributed by atoms with Gasteiger partial charge in [0.05, 0.1) is 22.6 Å². The van der Waals surface area contributed by atoms with Gasteiger partial charge in [0, 0.05) is 14.8 Å². The van der Waals surface area contributed by atoms with Gasteiger partial charge in [0.15, 0.2) is 0 Å². The van der Waals surface area contributed by atoms with Gasteiger partial charge in [0.2, 0.25) is 0 Å². The van der Waals surface area contributed by atoms with E-state index in [4.69, 9.17) is 0 Å². The second kappa shape index (κ2) is 6.47. The van der Waals surface area contributed by atoms with Crippen molar-refractivity contribution >= 4 is 45.6 Å². The number of aryl methyl sites for hydroxylation is 1. The van der Waals surface area contributed by atoms with Gasteiger partial charge in [-0.15, -0.1) is 0 Å². The first-order valence-electron chi connectivity index (χ1n) is 9.89. The molecule has 0 aromatic heterocycles. The van der Waals surface area contributed by atoms with Crippen LogP contribution >= 0.6 is 22.6 Å². The van der Waals surface area contributed by atoms with Gasteiger partial charge in [-0.3, -0.25) is 4.79 Å². The molecule has 1 unspecified atom stereocenters. The van der Waals surface area contributed by atoms with Crippen LogP contribution in [0.15, 0.2) is 90.4 Å². The molecule has 0 aliphatic carbocycles. The standard InChI is InChI=1S/C25H18IN3O/c1-15-6-9-17(10-7-15)28-21-11-8-16(26)14-19(21)24-22(28)12-13-23-27-25(30)18-4-2-3-5-20(18)29(23)24/h2-14,24H,1H3,(H,27,30). The van der Waals surface area contributed by atoms with Crippen molar-refractivity contribution in [1.82, 2.24) is 5.32 Å². The fraction of sp³-hybridized carbons (Fsp3) is 0.0800. The second-order valence-electron chi connectivity index (χ2n) is 7.76.